The molecular formula is C18H19NO. The Morgan fingerprint density at radius 1 is 1.25 bits per heavy atom. The average molecular weight is 265 g/mol. The maximum atomic E-state index is 12.8. The van der Waals surface area contributed by atoms with Crippen molar-refractivity contribution in [2.75, 3.05) is 0 Å². The van der Waals surface area contributed by atoms with Crippen molar-refractivity contribution in [3.63, 3.8) is 0 Å². The number of hydrogen-bond donors (Lipinski definition) is 0. The van der Waals surface area contributed by atoms with Gasteiger partial charge in [0.25, 0.3) is 0 Å². The molecule has 0 aliphatic heterocycles. The third-order valence-corrected chi connectivity index (χ3v) is 5.98. The van der Waals surface area contributed by atoms with E-state index in [1.165, 1.54) is 19.3 Å². The number of benzene rings is 1. The zero-order chi connectivity index (χ0) is 13.9. The van der Waals surface area contributed by atoms with Gasteiger partial charge in [-0.3, -0.25) is 4.79 Å². The van der Waals surface area contributed by atoms with E-state index in [2.05, 4.69) is 6.07 Å². The Bertz CT molecular complexity index is 598. The zero-order valence-electron chi connectivity index (χ0n) is 11.8. The number of hydrogen-bond acceptors (Lipinski definition) is 2. The predicted octanol–water partition coefficient (Wildman–Crippen LogP) is 3.46. The van der Waals surface area contributed by atoms with E-state index in [1.54, 1.807) is 0 Å². The molecule has 102 valence electrons. The third-order valence-electron chi connectivity index (χ3n) is 5.98. The summed E-state index contributed by atoms with van der Waals surface area (Å²) in [6.45, 7) is 1.99. The molecule has 3 saturated carbocycles. The van der Waals surface area contributed by atoms with Crippen LogP contribution in [-0.2, 0) is 4.79 Å². The Hall–Kier alpha value is -1.62. The highest BCUT2D eigenvalue weighted by Gasteiger charge is 2.67. The summed E-state index contributed by atoms with van der Waals surface area (Å²) in [6, 6.07) is 10.1. The van der Waals surface area contributed by atoms with Gasteiger partial charge in [0.1, 0.15) is 5.92 Å². The largest absolute Gasteiger partial charge is 0.298 e. The van der Waals surface area contributed by atoms with E-state index in [4.69, 9.17) is 0 Å². The van der Waals surface area contributed by atoms with Gasteiger partial charge in [0.05, 0.1) is 6.07 Å². The van der Waals surface area contributed by atoms with E-state index >= 15 is 0 Å². The monoisotopic (exact) mass is 265 g/mol. The Labute approximate surface area is 119 Å². The molecule has 3 fully saturated rings. The van der Waals surface area contributed by atoms with Crippen LogP contribution in [-0.4, -0.2) is 5.78 Å². The lowest BCUT2D eigenvalue weighted by Gasteiger charge is -2.14. The zero-order valence-corrected chi connectivity index (χ0v) is 11.8. The maximum Gasteiger partial charge on any atom is 0.158 e. The van der Waals surface area contributed by atoms with Gasteiger partial charge in [-0.25, -0.2) is 0 Å². The third kappa shape index (κ3) is 1.53. The Kier molecular flexibility index (Phi) is 2.54. The molecule has 5 atom stereocenters. The van der Waals surface area contributed by atoms with Crippen LogP contribution in [0.5, 0.6) is 0 Å². The van der Waals surface area contributed by atoms with E-state index in [-0.39, 0.29) is 11.7 Å². The first kappa shape index (κ1) is 12.1. The molecule has 3 aliphatic rings. The number of fused-ring (bicyclic) bond motifs is 5. The van der Waals surface area contributed by atoms with E-state index in [1.807, 2.05) is 31.2 Å². The van der Waals surface area contributed by atoms with Crippen LogP contribution in [0.2, 0.25) is 0 Å². The van der Waals surface area contributed by atoms with Crippen LogP contribution in [0.25, 0.3) is 0 Å². The van der Waals surface area contributed by atoms with Crippen LogP contribution >= 0.6 is 0 Å². The number of ketones is 1. The number of Topliss-reactive ketones (excluding diaryl/α,β-unsaturated/α-hetero) is 1. The lowest BCUT2D eigenvalue weighted by Crippen LogP contribution is -2.18. The van der Waals surface area contributed by atoms with Crippen LogP contribution in [0, 0.1) is 47.8 Å². The van der Waals surface area contributed by atoms with Crippen LogP contribution in [0.15, 0.2) is 24.3 Å². The Balaban J connectivity index is 1.60. The SMILES string of the molecule is Cc1ccccc1C(C#N)C(=O)C1C2C3CCC(C3)C12. The van der Waals surface area contributed by atoms with Crippen LogP contribution in [0.3, 0.4) is 0 Å². The predicted molar refractivity (Wildman–Crippen MR) is 75.8 cm³/mol. The lowest BCUT2D eigenvalue weighted by molar-refractivity contribution is -0.121. The fraction of sp³-hybridized carbons (Fsp3) is 0.556. The molecule has 0 saturated heterocycles. The number of carbonyl (C=O) groups excluding carboxylic acids is 1. The first-order chi connectivity index (χ1) is 9.72. The standard InChI is InChI=1S/C18H19NO/c1-10-4-2-3-5-13(10)14(9-19)18(20)17-15-11-6-7-12(8-11)16(15)17/h2-5,11-12,14-17H,6-8H2,1H3. The average Bonchev–Trinajstić information content (AvgIpc) is 2.89. The van der Waals surface area contributed by atoms with Crippen molar-refractivity contribution in [1.82, 2.24) is 0 Å². The van der Waals surface area contributed by atoms with Crippen molar-refractivity contribution < 1.29 is 4.79 Å². The second-order valence-corrected chi connectivity index (χ2v) is 6.83. The number of carbonyl (C=O) groups is 1. The van der Waals surface area contributed by atoms with Gasteiger partial charge in [-0.1, -0.05) is 24.3 Å². The lowest BCUT2D eigenvalue weighted by atomic mass is 9.87. The second kappa shape index (κ2) is 4.19. The van der Waals surface area contributed by atoms with Gasteiger partial charge in [-0.05, 0) is 61.0 Å². The van der Waals surface area contributed by atoms with Crippen LogP contribution in [0.4, 0.5) is 0 Å². The van der Waals surface area contributed by atoms with Crippen LogP contribution in [0.1, 0.15) is 36.3 Å². The van der Waals surface area contributed by atoms with E-state index in [9.17, 15) is 10.1 Å². The van der Waals surface area contributed by atoms with Gasteiger partial charge < -0.3 is 0 Å². The minimum absolute atomic E-state index is 0.200. The highest BCUT2D eigenvalue weighted by molar-refractivity contribution is 5.93. The van der Waals surface area contributed by atoms with Crippen molar-refractivity contribution in [3.8, 4) is 6.07 Å². The van der Waals surface area contributed by atoms with Gasteiger partial charge >= 0.3 is 0 Å². The van der Waals surface area contributed by atoms with E-state index in [0.29, 0.717) is 11.8 Å². The summed E-state index contributed by atoms with van der Waals surface area (Å²) in [7, 11) is 0. The smallest absolute Gasteiger partial charge is 0.158 e. The quantitative estimate of drug-likeness (QED) is 0.839. The molecule has 2 bridgehead atoms. The first-order valence-electron chi connectivity index (χ1n) is 7.71. The summed E-state index contributed by atoms with van der Waals surface area (Å²) < 4.78 is 0. The van der Waals surface area contributed by atoms with Crippen molar-refractivity contribution in [2.24, 2.45) is 29.6 Å². The summed E-state index contributed by atoms with van der Waals surface area (Å²) in [4.78, 5) is 12.8. The minimum atomic E-state index is -0.550. The van der Waals surface area contributed by atoms with E-state index in [0.717, 1.165) is 23.0 Å². The Morgan fingerprint density at radius 2 is 1.90 bits per heavy atom. The van der Waals surface area contributed by atoms with Crippen molar-refractivity contribution in [1.29, 1.82) is 5.26 Å². The number of nitrogens with zero attached hydrogens (tertiary/aromatic N) is 1. The fourth-order valence-corrected chi connectivity index (χ4v) is 5.09. The van der Waals surface area contributed by atoms with Crippen molar-refractivity contribution in [2.45, 2.75) is 32.1 Å². The normalized spacial score (nSPS) is 38.1. The van der Waals surface area contributed by atoms with Gasteiger partial charge in [0.2, 0.25) is 0 Å². The molecular weight excluding hydrogens is 246 g/mol. The molecule has 1 aromatic carbocycles. The molecule has 0 N–H and O–H groups in total. The van der Waals surface area contributed by atoms with Crippen molar-refractivity contribution in [3.05, 3.63) is 35.4 Å². The molecule has 5 unspecified atom stereocenters. The molecule has 3 aliphatic carbocycles. The second-order valence-electron chi connectivity index (χ2n) is 6.83. The topological polar surface area (TPSA) is 40.9 Å². The number of rotatable bonds is 3. The summed E-state index contributed by atoms with van der Waals surface area (Å²) in [6.07, 6.45) is 3.98. The summed E-state index contributed by atoms with van der Waals surface area (Å²) in [5.74, 6) is 2.68. The first-order valence-corrected chi connectivity index (χ1v) is 7.71. The van der Waals surface area contributed by atoms with Gasteiger partial charge in [-0.2, -0.15) is 5.26 Å². The van der Waals surface area contributed by atoms with Gasteiger partial charge in [0.15, 0.2) is 5.78 Å². The molecule has 0 heterocycles. The highest BCUT2D eigenvalue weighted by atomic mass is 16.1. The Morgan fingerprint density at radius 3 is 2.50 bits per heavy atom. The number of nitriles is 1. The highest BCUT2D eigenvalue weighted by Crippen LogP contribution is 2.70. The molecule has 4 rings (SSSR count). The number of aryl methyl sites for hydroxylation is 1. The van der Waals surface area contributed by atoms with Crippen molar-refractivity contribution >= 4 is 5.78 Å². The molecule has 2 heteroatoms. The fourth-order valence-electron chi connectivity index (χ4n) is 5.09. The molecule has 2 nitrogen and oxygen atoms in total. The molecule has 20 heavy (non-hydrogen) atoms. The summed E-state index contributed by atoms with van der Waals surface area (Å²) in [5, 5.41) is 9.49. The molecule has 0 spiro atoms. The maximum absolute atomic E-state index is 12.8. The molecule has 0 radical (unpaired) electrons. The summed E-state index contributed by atoms with van der Waals surface area (Å²) in [5.41, 5.74) is 1.97. The minimum Gasteiger partial charge on any atom is -0.298 e. The van der Waals surface area contributed by atoms with Gasteiger partial charge in [0, 0.05) is 5.92 Å². The molecule has 0 amide bonds. The molecule has 0 aromatic heterocycles. The summed E-state index contributed by atoms with van der Waals surface area (Å²) >= 11 is 0. The van der Waals surface area contributed by atoms with Crippen LogP contribution < -0.4 is 0 Å². The molecule has 1 aromatic rings. The van der Waals surface area contributed by atoms with E-state index < -0.39 is 5.92 Å². The van der Waals surface area contributed by atoms with Gasteiger partial charge in [-0.15, -0.1) is 0 Å².